The molecule has 2 unspecified atom stereocenters. The van der Waals surface area contributed by atoms with Crippen molar-refractivity contribution in [2.75, 3.05) is 31.9 Å². The van der Waals surface area contributed by atoms with Crippen LogP contribution in [0.1, 0.15) is 40.3 Å². The summed E-state index contributed by atoms with van der Waals surface area (Å²) in [5.74, 6) is -2.87. The second-order valence-corrected chi connectivity index (χ2v) is 12.1. The number of esters is 1. The van der Waals surface area contributed by atoms with Gasteiger partial charge in [-0.2, -0.15) is 0 Å². The topological polar surface area (TPSA) is 210 Å². The summed E-state index contributed by atoms with van der Waals surface area (Å²) < 4.78 is 38.3. The minimum atomic E-state index is -1.77. The molecule has 2 N–H and O–H groups in total. The molecular formula is C25H33N5O12S2. The fourth-order valence-corrected chi connectivity index (χ4v) is 6.34. The Balaban J connectivity index is 1.77. The minimum absolute atomic E-state index is 0.0131. The lowest BCUT2D eigenvalue weighted by Gasteiger charge is -2.49. The number of β-lactam (4-membered cyclic amide) rings is 1. The Bertz CT molecular complexity index is 1370. The van der Waals surface area contributed by atoms with Gasteiger partial charge in [0.15, 0.2) is 10.8 Å². The van der Waals surface area contributed by atoms with Gasteiger partial charge in [-0.25, -0.2) is 19.4 Å². The van der Waals surface area contributed by atoms with Crippen LogP contribution in [0.25, 0.3) is 0 Å². The molecule has 1 aromatic heterocycles. The van der Waals surface area contributed by atoms with Crippen LogP contribution >= 0.6 is 11.3 Å². The molecule has 2 aliphatic rings. The van der Waals surface area contributed by atoms with E-state index in [1.165, 1.54) is 26.5 Å². The Morgan fingerprint density at radius 2 is 1.77 bits per heavy atom. The van der Waals surface area contributed by atoms with E-state index >= 15 is 0 Å². The normalized spacial score (nSPS) is 20.4. The van der Waals surface area contributed by atoms with E-state index in [9.17, 15) is 28.2 Å². The van der Waals surface area contributed by atoms with E-state index in [2.05, 4.69) is 20.8 Å². The molecule has 3 heterocycles. The molecule has 4 atom stereocenters. The SMILES string of the molecule is COCC1=C(C(=O)OC(C)OC(=O)OC(C)C)N2C(=O)[C@@H](NC(=O)/C(=N\OC)c3csc(NC(=O)OC(C)C)n3)[C@H]2S(=O)C1. The number of rotatable bonds is 12. The highest BCUT2D eigenvalue weighted by Gasteiger charge is 2.57. The van der Waals surface area contributed by atoms with Crippen molar-refractivity contribution in [1.82, 2.24) is 15.2 Å². The summed E-state index contributed by atoms with van der Waals surface area (Å²) >= 11 is 0.982. The zero-order valence-corrected chi connectivity index (χ0v) is 26.6. The monoisotopic (exact) mass is 659 g/mol. The van der Waals surface area contributed by atoms with Gasteiger partial charge in [0, 0.05) is 19.4 Å². The highest BCUT2D eigenvalue weighted by molar-refractivity contribution is 7.86. The first-order valence-electron chi connectivity index (χ1n) is 13.1. The van der Waals surface area contributed by atoms with E-state index in [4.69, 9.17) is 28.5 Å². The summed E-state index contributed by atoms with van der Waals surface area (Å²) in [6.45, 7) is 7.68. The molecule has 242 valence electrons. The van der Waals surface area contributed by atoms with Crippen LogP contribution in [0.15, 0.2) is 21.8 Å². The molecule has 0 spiro atoms. The van der Waals surface area contributed by atoms with Crippen LogP contribution in [0.3, 0.4) is 0 Å². The molecule has 0 bridgehead atoms. The molecule has 1 aromatic rings. The number of methoxy groups -OCH3 is 1. The van der Waals surface area contributed by atoms with Crippen molar-refractivity contribution in [1.29, 1.82) is 0 Å². The summed E-state index contributed by atoms with van der Waals surface area (Å²) in [5.41, 5.74) is -0.355. The van der Waals surface area contributed by atoms with Gasteiger partial charge in [-0.1, -0.05) is 5.16 Å². The van der Waals surface area contributed by atoms with Crippen molar-refractivity contribution in [2.45, 2.75) is 64.5 Å². The number of carbonyl (C=O) groups is 5. The van der Waals surface area contributed by atoms with Crippen LogP contribution in [0.5, 0.6) is 0 Å². The standard InChI is InChI=1S/C25H33N5O12S2/c1-11(2)39-24(34)28-23-26-15(9-43-23)16(29-38-7)19(31)27-17-20(32)30-18(14(8-37-6)10-44(36)21(17)30)22(33)41-13(5)42-25(35)40-12(3)4/h9,11-13,17,21H,8,10H2,1-7H3,(H,27,31)(H,26,28,34)/b29-16-/t13?,17-,21-,44?/m1/s1. The predicted molar refractivity (Wildman–Crippen MR) is 154 cm³/mol. The number of amides is 3. The van der Waals surface area contributed by atoms with E-state index in [-0.39, 0.29) is 46.3 Å². The summed E-state index contributed by atoms with van der Waals surface area (Å²) in [6.07, 6.45) is -4.05. The van der Waals surface area contributed by atoms with Gasteiger partial charge in [0.2, 0.25) is 6.29 Å². The fraction of sp³-hybridized carbons (Fsp3) is 0.560. The average Bonchev–Trinajstić information content (AvgIpc) is 3.36. The average molecular weight is 660 g/mol. The maximum Gasteiger partial charge on any atom is 0.511 e. The molecule has 1 fully saturated rings. The second-order valence-electron chi connectivity index (χ2n) is 9.71. The number of hydrogen-bond donors (Lipinski definition) is 2. The lowest BCUT2D eigenvalue weighted by atomic mass is 10.0. The number of thiazole rings is 1. The van der Waals surface area contributed by atoms with Crippen LogP contribution < -0.4 is 10.6 Å². The molecule has 2 aliphatic heterocycles. The number of ether oxygens (including phenoxy) is 5. The Morgan fingerprint density at radius 1 is 1.09 bits per heavy atom. The number of anilines is 1. The summed E-state index contributed by atoms with van der Waals surface area (Å²) in [6, 6.07) is -1.32. The van der Waals surface area contributed by atoms with Crippen LogP contribution in [-0.2, 0) is 53.7 Å². The summed E-state index contributed by atoms with van der Waals surface area (Å²) in [7, 11) is 0.774. The first kappa shape index (κ1) is 34.4. The largest absolute Gasteiger partial charge is 0.511 e. The molecule has 3 amide bonds. The van der Waals surface area contributed by atoms with E-state index < -0.39 is 64.6 Å². The highest BCUT2D eigenvalue weighted by Crippen LogP contribution is 2.36. The zero-order valence-electron chi connectivity index (χ0n) is 24.9. The molecular weight excluding hydrogens is 626 g/mol. The number of fused-ring (bicyclic) bond motifs is 1. The van der Waals surface area contributed by atoms with Gasteiger partial charge in [0.05, 0.1) is 35.4 Å². The smallest absolute Gasteiger partial charge is 0.447 e. The van der Waals surface area contributed by atoms with Crippen LogP contribution in [0.4, 0.5) is 14.7 Å². The number of nitrogens with one attached hydrogen (secondary N) is 2. The molecule has 3 rings (SSSR count). The first-order valence-corrected chi connectivity index (χ1v) is 15.4. The van der Waals surface area contributed by atoms with Gasteiger partial charge < -0.3 is 33.8 Å². The van der Waals surface area contributed by atoms with Gasteiger partial charge in [-0.3, -0.25) is 24.0 Å². The van der Waals surface area contributed by atoms with Crippen LogP contribution in [-0.4, -0.2) is 106 Å². The molecule has 0 aromatic carbocycles. The fourth-order valence-electron chi connectivity index (χ4n) is 3.99. The number of hydrogen-bond acceptors (Lipinski definition) is 15. The van der Waals surface area contributed by atoms with Crippen molar-refractivity contribution < 1.29 is 56.7 Å². The third kappa shape index (κ3) is 8.29. The molecule has 17 nitrogen and oxygen atoms in total. The zero-order chi connectivity index (χ0) is 32.7. The summed E-state index contributed by atoms with van der Waals surface area (Å²) in [4.78, 5) is 73.2. The molecule has 19 heteroatoms. The van der Waals surface area contributed by atoms with Crippen molar-refractivity contribution in [3.8, 4) is 0 Å². The number of carbonyl (C=O) groups excluding carboxylic acids is 5. The predicted octanol–water partition coefficient (Wildman–Crippen LogP) is 1.22. The molecule has 0 radical (unpaired) electrons. The number of aromatic nitrogens is 1. The molecule has 1 saturated heterocycles. The van der Waals surface area contributed by atoms with E-state index in [1.54, 1.807) is 27.7 Å². The van der Waals surface area contributed by atoms with Crippen molar-refractivity contribution in [3.63, 3.8) is 0 Å². The van der Waals surface area contributed by atoms with Gasteiger partial charge in [-0.15, -0.1) is 11.3 Å². The quantitative estimate of drug-likeness (QED) is 0.0808. The maximum absolute atomic E-state index is 13.3. The van der Waals surface area contributed by atoms with Gasteiger partial charge in [0.25, 0.3) is 11.8 Å². The Kier molecular flexibility index (Phi) is 11.8. The molecule has 0 aliphatic carbocycles. The van der Waals surface area contributed by atoms with E-state index in [0.29, 0.717) is 0 Å². The minimum Gasteiger partial charge on any atom is -0.447 e. The van der Waals surface area contributed by atoms with Gasteiger partial charge >= 0.3 is 18.2 Å². The molecule has 0 saturated carbocycles. The molecule has 44 heavy (non-hydrogen) atoms. The van der Waals surface area contributed by atoms with E-state index in [1.807, 2.05) is 0 Å². The van der Waals surface area contributed by atoms with Crippen molar-refractivity contribution >= 4 is 63.0 Å². The van der Waals surface area contributed by atoms with Crippen molar-refractivity contribution in [2.24, 2.45) is 5.16 Å². The maximum atomic E-state index is 13.3. The third-order valence-corrected chi connectivity index (χ3v) is 7.98. The van der Waals surface area contributed by atoms with Gasteiger partial charge in [0.1, 0.15) is 29.9 Å². The lowest BCUT2D eigenvalue weighted by molar-refractivity contribution is -0.169. The Labute approximate surface area is 258 Å². The van der Waals surface area contributed by atoms with E-state index in [0.717, 1.165) is 16.2 Å². The lowest BCUT2D eigenvalue weighted by Crippen LogP contribution is -2.74. The summed E-state index contributed by atoms with van der Waals surface area (Å²) in [5, 5.41) is 8.99. The highest BCUT2D eigenvalue weighted by atomic mass is 32.2. The first-order chi connectivity index (χ1) is 20.8. The van der Waals surface area contributed by atoms with Crippen LogP contribution in [0, 0.1) is 0 Å². The van der Waals surface area contributed by atoms with Crippen molar-refractivity contribution in [3.05, 3.63) is 22.3 Å². The second kappa shape index (κ2) is 15.1. The number of nitrogens with zero attached hydrogens (tertiary/aromatic N) is 3. The Morgan fingerprint density at radius 3 is 2.39 bits per heavy atom. The third-order valence-electron chi connectivity index (χ3n) is 5.57. The number of oxime groups is 1. The Hall–Kier alpha value is -4.10. The van der Waals surface area contributed by atoms with Crippen LogP contribution in [0.2, 0.25) is 0 Å². The van der Waals surface area contributed by atoms with Gasteiger partial charge in [-0.05, 0) is 33.3 Å².